The van der Waals surface area contributed by atoms with Crippen LogP contribution in [0.5, 0.6) is 0 Å². The van der Waals surface area contributed by atoms with Crippen molar-refractivity contribution in [1.29, 1.82) is 0 Å². The van der Waals surface area contributed by atoms with Crippen molar-refractivity contribution in [2.24, 2.45) is 0 Å². The Morgan fingerprint density at radius 3 is 2.67 bits per heavy atom. The van der Waals surface area contributed by atoms with Gasteiger partial charge in [0.05, 0.1) is 6.54 Å². The third kappa shape index (κ3) is 5.08. The van der Waals surface area contributed by atoms with Crippen LogP contribution in [-0.2, 0) is 17.9 Å². The van der Waals surface area contributed by atoms with Crippen molar-refractivity contribution < 1.29 is 4.79 Å². The highest BCUT2D eigenvalue weighted by molar-refractivity contribution is 7.07. The van der Waals surface area contributed by atoms with Gasteiger partial charge in [-0.15, -0.1) is 0 Å². The van der Waals surface area contributed by atoms with Gasteiger partial charge in [0.15, 0.2) is 5.69 Å². The predicted octanol–water partition coefficient (Wildman–Crippen LogP) is 1.47. The van der Waals surface area contributed by atoms with Crippen LogP contribution in [0.15, 0.2) is 26.4 Å². The number of rotatable bonds is 9. The van der Waals surface area contributed by atoms with E-state index in [1.54, 1.807) is 18.3 Å². The normalized spacial score (nSPS) is 11.1. The van der Waals surface area contributed by atoms with Crippen LogP contribution in [0.1, 0.15) is 32.3 Å². The number of unbranched alkanes of at least 4 members (excludes halogenated alkanes) is 1. The molecule has 0 aromatic carbocycles. The Kier molecular flexibility index (Phi) is 7.37. The SMILES string of the molecule is CCCCn1c(N)c(N(CC)C(=O)CN(C)Cc2ccsc2)c(=O)[nH]c1=O. The van der Waals surface area contributed by atoms with Crippen molar-refractivity contribution in [1.82, 2.24) is 14.5 Å². The lowest BCUT2D eigenvalue weighted by Crippen LogP contribution is -2.44. The van der Waals surface area contributed by atoms with E-state index in [9.17, 15) is 14.4 Å². The van der Waals surface area contributed by atoms with Gasteiger partial charge in [-0.05, 0) is 42.8 Å². The van der Waals surface area contributed by atoms with Crippen LogP contribution in [0.25, 0.3) is 0 Å². The second kappa shape index (κ2) is 9.52. The zero-order chi connectivity index (χ0) is 20.0. The number of amides is 1. The van der Waals surface area contributed by atoms with Gasteiger partial charge in [-0.3, -0.25) is 24.0 Å². The van der Waals surface area contributed by atoms with E-state index in [1.165, 1.54) is 9.47 Å². The van der Waals surface area contributed by atoms with Crippen LogP contribution in [-0.4, -0.2) is 40.5 Å². The maximum Gasteiger partial charge on any atom is 0.330 e. The molecule has 1 amide bonds. The van der Waals surface area contributed by atoms with E-state index in [-0.39, 0.29) is 30.5 Å². The third-order valence-electron chi connectivity index (χ3n) is 4.27. The summed E-state index contributed by atoms with van der Waals surface area (Å²) in [5, 5.41) is 4.02. The number of nitrogen functional groups attached to an aromatic ring is 1. The van der Waals surface area contributed by atoms with Crippen LogP contribution >= 0.6 is 11.3 Å². The van der Waals surface area contributed by atoms with Gasteiger partial charge in [0.25, 0.3) is 5.56 Å². The van der Waals surface area contributed by atoms with Gasteiger partial charge < -0.3 is 10.6 Å². The van der Waals surface area contributed by atoms with Gasteiger partial charge in [-0.1, -0.05) is 13.3 Å². The van der Waals surface area contributed by atoms with Crippen molar-refractivity contribution in [2.45, 2.75) is 39.8 Å². The van der Waals surface area contributed by atoms with Crippen molar-refractivity contribution in [3.8, 4) is 0 Å². The van der Waals surface area contributed by atoms with Gasteiger partial charge in [0.1, 0.15) is 5.82 Å². The fraction of sp³-hybridized carbons (Fsp3) is 0.500. The number of hydrogen-bond donors (Lipinski definition) is 2. The predicted molar refractivity (Wildman–Crippen MR) is 109 cm³/mol. The van der Waals surface area contributed by atoms with Crippen molar-refractivity contribution >= 4 is 28.7 Å². The lowest BCUT2D eigenvalue weighted by atomic mass is 10.3. The molecule has 0 aliphatic heterocycles. The van der Waals surface area contributed by atoms with Crippen LogP contribution in [0.3, 0.4) is 0 Å². The molecule has 2 aromatic rings. The highest BCUT2D eigenvalue weighted by atomic mass is 32.1. The molecular weight excluding hydrogens is 366 g/mol. The average Bonchev–Trinajstić information content (AvgIpc) is 3.10. The topological polar surface area (TPSA) is 104 Å². The number of carbonyl (C=O) groups is 1. The van der Waals surface area contributed by atoms with E-state index in [4.69, 9.17) is 5.73 Å². The van der Waals surface area contributed by atoms with Gasteiger partial charge in [-0.25, -0.2) is 4.79 Å². The second-order valence-corrected chi connectivity index (χ2v) is 7.22. The Labute approximate surface area is 162 Å². The summed E-state index contributed by atoms with van der Waals surface area (Å²) in [6.07, 6.45) is 1.63. The molecule has 2 heterocycles. The maximum absolute atomic E-state index is 12.8. The molecule has 2 rings (SSSR count). The summed E-state index contributed by atoms with van der Waals surface area (Å²) in [7, 11) is 1.85. The zero-order valence-corrected chi connectivity index (χ0v) is 16.8. The summed E-state index contributed by atoms with van der Waals surface area (Å²) < 4.78 is 1.32. The van der Waals surface area contributed by atoms with E-state index in [0.717, 1.165) is 18.4 Å². The molecular formula is C18H27N5O3S. The van der Waals surface area contributed by atoms with Gasteiger partial charge in [-0.2, -0.15) is 11.3 Å². The number of aromatic amines is 1. The van der Waals surface area contributed by atoms with Crippen molar-refractivity contribution in [3.05, 3.63) is 43.2 Å². The Bertz CT molecular complexity index is 872. The minimum atomic E-state index is -0.638. The Hall–Kier alpha value is -2.39. The fourth-order valence-corrected chi connectivity index (χ4v) is 3.56. The van der Waals surface area contributed by atoms with E-state index in [2.05, 4.69) is 4.98 Å². The van der Waals surface area contributed by atoms with Crippen LogP contribution < -0.4 is 21.9 Å². The summed E-state index contributed by atoms with van der Waals surface area (Å²) in [4.78, 5) is 42.8. The highest BCUT2D eigenvalue weighted by Gasteiger charge is 2.23. The summed E-state index contributed by atoms with van der Waals surface area (Å²) >= 11 is 1.61. The number of likely N-dealkylation sites (N-methyl/N-ethyl adjacent to an activating group) is 2. The first-order valence-corrected chi connectivity index (χ1v) is 9.95. The molecule has 3 N–H and O–H groups in total. The third-order valence-corrected chi connectivity index (χ3v) is 5.01. The zero-order valence-electron chi connectivity index (χ0n) is 16.0. The van der Waals surface area contributed by atoms with Crippen LogP contribution in [0, 0.1) is 0 Å². The molecule has 0 radical (unpaired) electrons. The summed E-state index contributed by atoms with van der Waals surface area (Å²) in [6, 6.07) is 2.01. The quantitative estimate of drug-likeness (QED) is 0.671. The number of thiophene rings is 1. The number of nitrogens with one attached hydrogen (secondary N) is 1. The summed E-state index contributed by atoms with van der Waals surface area (Å²) in [5.41, 5.74) is 6.10. The number of carbonyl (C=O) groups excluding carboxylic acids is 1. The first-order chi connectivity index (χ1) is 12.9. The summed E-state index contributed by atoms with van der Waals surface area (Å²) in [5.74, 6) is -0.207. The minimum Gasteiger partial charge on any atom is -0.383 e. The number of H-pyrrole nitrogens is 1. The molecule has 0 saturated heterocycles. The van der Waals surface area contributed by atoms with Crippen LogP contribution in [0.4, 0.5) is 11.5 Å². The van der Waals surface area contributed by atoms with Gasteiger partial charge in [0, 0.05) is 19.6 Å². The number of nitrogens with zero attached hydrogens (tertiary/aromatic N) is 3. The molecule has 27 heavy (non-hydrogen) atoms. The van der Waals surface area contributed by atoms with Crippen LogP contribution in [0.2, 0.25) is 0 Å². The van der Waals surface area contributed by atoms with E-state index >= 15 is 0 Å². The van der Waals surface area contributed by atoms with E-state index < -0.39 is 11.2 Å². The number of anilines is 2. The molecule has 0 saturated carbocycles. The Balaban J connectivity index is 2.26. The number of aromatic nitrogens is 2. The smallest absolute Gasteiger partial charge is 0.330 e. The highest BCUT2D eigenvalue weighted by Crippen LogP contribution is 2.17. The standard InChI is InChI=1S/C18H27N5O3S/c1-4-6-8-23-16(19)15(17(25)20-18(23)26)22(5-2)14(24)11-21(3)10-13-7-9-27-12-13/h7,9,12H,4-6,8,10-11,19H2,1-3H3,(H,20,25,26). The van der Waals surface area contributed by atoms with Crippen molar-refractivity contribution in [3.63, 3.8) is 0 Å². The lowest BCUT2D eigenvalue weighted by molar-refractivity contribution is -0.119. The molecule has 148 valence electrons. The molecule has 0 aliphatic carbocycles. The molecule has 0 bridgehead atoms. The first-order valence-electron chi connectivity index (χ1n) is 9.01. The van der Waals surface area contributed by atoms with Gasteiger partial charge >= 0.3 is 5.69 Å². The fourth-order valence-electron chi connectivity index (χ4n) is 2.90. The van der Waals surface area contributed by atoms with E-state index in [0.29, 0.717) is 13.1 Å². The first kappa shape index (κ1) is 20.9. The molecule has 9 heteroatoms. The Morgan fingerprint density at radius 1 is 1.33 bits per heavy atom. The van der Waals surface area contributed by atoms with Crippen molar-refractivity contribution in [2.75, 3.05) is 30.8 Å². The largest absolute Gasteiger partial charge is 0.383 e. The molecule has 0 fully saturated rings. The van der Waals surface area contributed by atoms with E-state index in [1.807, 2.05) is 35.7 Å². The Morgan fingerprint density at radius 2 is 2.07 bits per heavy atom. The maximum atomic E-state index is 12.8. The number of hydrogen-bond acceptors (Lipinski definition) is 6. The van der Waals surface area contributed by atoms with Gasteiger partial charge in [0.2, 0.25) is 5.91 Å². The molecule has 8 nitrogen and oxygen atoms in total. The number of nitrogens with two attached hydrogens (primary N) is 1. The molecule has 0 aliphatic rings. The minimum absolute atomic E-state index is 0.0351. The monoisotopic (exact) mass is 393 g/mol. The molecule has 2 aromatic heterocycles. The summed E-state index contributed by atoms with van der Waals surface area (Å²) in [6.45, 7) is 5.22. The second-order valence-electron chi connectivity index (χ2n) is 6.44. The average molecular weight is 394 g/mol. The molecule has 0 unspecified atom stereocenters. The molecule has 0 atom stereocenters. The molecule has 0 spiro atoms. The lowest BCUT2D eigenvalue weighted by Gasteiger charge is -2.25.